The quantitative estimate of drug-likeness (QED) is 0.810. The zero-order chi connectivity index (χ0) is 15.2. The van der Waals surface area contributed by atoms with Gasteiger partial charge in [-0.2, -0.15) is 0 Å². The fourth-order valence-electron chi connectivity index (χ4n) is 2.69. The summed E-state index contributed by atoms with van der Waals surface area (Å²) in [5.41, 5.74) is 2.77. The average molecular weight is 288 g/mol. The van der Waals surface area contributed by atoms with Crippen molar-refractivity contribution < 1.29 is 4.79 Å². The fourth-order valence-corrected chi connectivity index (χ4v) is 2.69. The molecule has 3 heteroatoms. The predicted molar refractivity (Wildman–Crippen MR) is 87.4 cm³/mol. The highest BCUT2D eigenvalue weighted by atomic mass is 16.1. The van der Waals surface area contributed by atoms with E-state index in [0.717, 1.165) is 13.1 Å². The van der Waals surface area contributed by atoms with Gasteiger partial charge in [-0.1, -0.05) is 43.7 Å². The fraction of sp³-hybridized carbons (Fsp3) is 0.611. The Morgan fingerprint density at radius 1 is 1.24 bits per heavy atom. The summed E-state index contributed by atoms with van der Waals surface area (Å²) in [7, 11) is 0. The van der Waals surface area contributed by atoms with Crippen LogP contribution >= 0.6 is 0 Å². The van der Waals surface area contributed by atoms with Crippen molar-refractivity contribution in [3.8, 4) is 0 Å². The van der Waals surface area contributed by atoms with Gasteiger partial charge in [0.05, 0.1) is 0 Å². The minimum absolute atomic E-state index is 0.158. The van der Waals surface area contributed by atoms with Gasteiger partial charge in [0.15, 0.2) is 0 Å². The molecule has 0 radical (unpaired) electrons. The molecule has 1 fully saturated rings. The molecule has 0 atom stereocenters. The molecule has 1 saturated carbocycles. The van der Waals surface area contributed by atoms with E-state index in [1.165, 1.54) is 24.0 Å². The second-order valence-electron chi connectivity index (χ2n) is 6.68. The standard InChI is InChI=1S/C18H28N2O/c1-13(2)12-20-18(21)8-9-19-17-10-16(11-17)15-6-4-14(3)5-7-15/h4-7,13,16-17,19H,8-12H2,1-3H3,(H,20,21). The molecule has 0 aliphatic heterocycles. The topological polar surface area (TPSA) is 41.1 Å². The maximum atomic E-state index is 11.6. The van der Waals surface area contributed by atoms with Crippen molar-refractivity contribution in [2.75, 3.05) is 13.1 Å². The number of hydrogen-bond donors (Lipinski definition) is 2. The Bertz CT molecular complexity index is 447. The van der Waals surface area contributed by atoms with Crippen LogP contribution in [0.2, 0.25) is 0 Å². The van der Waals surface area contributed by atoms with Crippen molar-refractivity contribution in [3.63, 3.8) is 0 Å². The van der Waals surface area contributed by atoms with Gasteiger partial charge in [-0.3, -0.25) is 4.79 Å². The van der Waals surface area contributed by atoms with Crippen LogP contribution in [0.15, 0.2) is 24.3 Å². The molecule has 1 aliphatic rings. The lowest BCUT2D eigenvalue weighted by atomic mass is 9.76. The zero-order valence-corrected chi connectivity index (χ0v) is 13.5. The predicted octanol–water partition coefficient (Wildman–Crippen LogP) is 2.99. The van der Waals surface area contributed by atoms with E-state index in [2.05, 4.69) is 55.7 Å². The molecule has 0 saturated heterocycles. The number of carbonyl (C=O) groups is 1. The summed E-state index contributed by atoms with van der Waals surface area (Å²) < 4.78 is 0. The van der Waals surface area contributed by atoms with Gasteiger partial charge in [-0.25, -0.2) is 0 Å². The summed E-state index contributed by atoms with van der Waals surface area (Å²) in [6.45, 7) is 7.91. The SMILES string of the molecule is Cc1ccc(C2CC(NCCC(=O)NCC(C)C)C2)cc1. The third-order valence-corrected chi connectivity index (χ3v) is 4.18. The molecule has 3 nitrogen and oxygen atoms in total. The molecule has 2 rings (SSSR count). The summed E-state index contributed by atoms with van der Waals surface area (Å²) in [4.78, 5) is 11.6. The van der Waals surface area contributed by atoms with Crippen molar-refractivity contribution in [3.05, 3.63) is 35.4 Å². The number of aryl methyl sites for hydroxylation is 1. The van der Waals surface area contributed by atoms with Crippen molar-refractivity contribution in [2.24, 2.45) is 5.92 Å². The van der Waals surface area contributed by atoms with Crippen LogP contribution in [0.4, 0.5) is 0 Å². The number of hydrogen-bond acceptors (Lipinski definition) is 2. The highest BCUT2D eigenvalue weighted by Crippen LogP contribution is 2.36. The first kappa shape index (κ1) is 16.0. The van der Waals surface area contributed by atoms with Crippen LogP contribution in [0.5, 0.6) is 0 Å². The molecule has 1 aliphatic carbocycles. The van der Waals surface area contributed by atoms with E-state index >= 15 is 0 Å². The van der Waals surface area contributed by atoms with E-state index in [9.17, 15) is 4.79 Å². The summed E-state index contributed by atoms with van der Waals surface area (Å²) >= 11 is 0. The van der Waals surface area contributed by atoms with Crippen LogP contribution in [0.25, 0.3) is 0 Å². The normalized spacial score (nSPS) is 21.1. The Morgan fingerprint density at radius 2 is 1.90 bits per heavy atom. The van der Waals surface area contributed by atoms with Crippen molar-refractivity contribution in [2.45, 2.75) is 52.0 Å². The molecule has 2 N–H and O–H groups in total. The maximum absolute atomic E-state index is 11.6. The molecule has 1 amide bonds. The zero-order valence-electron chi connectivity index (χ0n) is 13.5. The van der Waals surface area contributed by atoms with Crippen LogP contribution in [0.1, 0.15) is 50.2 Å². The van der Waals surface area contributed by atoms with Crippen LogP contribution in [-0.4, -0.2) is 25.0 Å². The highest BCUT2D eigenvalue weighted by molar-refractivity contribution is 5.76. The molecule has 1 aromatic carbocycles. The first-order chi connectivity index (χ1) is 10.0. The van der Waals surface area contributed by atoms with E-state index in [1.807, 2.05) is 0 Å². The Hall–Kier alpha value is -1.35. The molecule has 0 aromatic heterocycles. The van der Waals surface area contributed by atoms with Gasteiger partial charge in [0.25, 0.3) is 0 Å². The molecule has 0 spiro atoms. The average Bonchev–Trinajstić information content (AvgIpc) is 2.40. The molecule has 1 aromatic rings. The van der Waals surface area contributed by atoms with Crippen LogP contribution in [0, 0.1) is 12.8 Å². The summed E-state index contributed by atoms with van der Waals surface area (Å²) in [6, 6.07) is 9.45. The van der Waals surface area contributed by atoms with Crippen LogP contribution in [0.3, 0.4) is 0 Å². The van der Waals surface area contributed by atoms with E-state index in [0.29, 0.717) is 24.3 Å². The third kappa shape index (κ3) is 5.16. The lowest BCUT2D eigenvalue weighted by Gasteiger charge is -2.36. The number of nitrogens with one attached hydrogen (secondary N) is 2. The first-order valence-electron chi connectivity index (χ1n) is 8.11. The maximum Gasteiger partial charge on any atom is 0.221 e. The minimum Gasteiger partial charge on any atom is -0.356 e. The van der Waals surface area contributed by atoms with Gasteiger partial charge in [-0.15, -0.1) is 0 Å². The van der Waals surface area contributed by atoms with Crippen molar-refractivity contribution in [1.29, 1.82) is 0 Å². The molecule has 116 valence electrons. The van der Waals surface area contributed by atoms with Gasteiger partial charge in [0, 0.05) is 25.6 Å². The van der Waals surface area contributed by atoms with E-state index in [4.69, 9.17) is 0 Å². The van der Waals surface area contributed by atoms with Gasteiger partial charge in [0.1, 0.15) is 0 Å². The van der Waals surface area contributed by atoms with Crippen LogP contribution < -0.4 is 10.6 Å². The second kappa shape index (κ2) is 7.60. The number of amides is 1. The lowest BCUT2D eigenvalue weighted by Crippen LogP contribution is -2.41. The monoisotopic (exact) mass is 288 g/mol. The van der Waals surface area contributed by atoms with Crippen molar-refractivity contribution in [1.82, 2.24) is 10.6 Å². The largest absolute Gasteiger partial charge is 0.356 e. The molecular formula is C18H28N2O. The Labute approximate surface area is 128 Å². The summed E-state index contributed by atoms with van der Waals surface area (Å²) in [6.07, 6.45) is 2.96. The Kier molecular flexibility index (Phi) is 5.80. The van der Waals surface area contributed by atoms with Crippen LogP contribution in [-0.2, 0) is 4.79 Å². The van der Waals surface area contributed by atoms with Gasteiger partial charge in [0.2, 0.25) is 5.91 Å². The van der Waals surface area contributed by atoms with Gasteiger partial charge in [-0.05, 0) is 37.2 Å². The molecule has 0 bridgehead atoms. The van der Waals surface area contributed by atoms with E-state index in [-0.39, 0.29) is 5.91 Å². The van der Waals surface area contributed by atoms with Gasteiger partial charge >= 0.3 is 0 Å². The molecular weight excluding hydrogens is 260 g/mol. The van der Waals surface area contributed by atoms with Gasteiger partial charge < -0.3 is 10.6 Å². The third-order valence-electron chi connectivity index (χ3n) is 4.18. The van der Waals surface area contributed by atoms with E-state index in [1.54, 1.807) is 0 Å². The minimum atomic E-state index is 0.158. The number of rotatable bonds is 7. The summed E-state index contributed by atoms with van der Waals surface area (Å²) in [5, 5.41) is 6.44. The lowest BCUT2D eigenvalue weighted by molar-refractivity contribution is -0.121. The molecule has 21 heavy (non-hydrogen) atoms. The van der Waals surface area contributed by atoms with E-state index < -0.39 is 0 Å². The second-order valence-corrected chi connectivity index (χ2v) is 6.68. The highest BCUT2D eigenvalue weighted by Gasteiger charge is 2.29. The molecule has 0 heterocycles. The Balaban J connectivity index is 1.58. The smallest absolute Gasteiger partial charge is 0.221 e. The number of carbonyl (C=O) groups excluding carboxylic acids is 1. The first-order valence-corrected chi connectivity index (χ1v) is 8.11. The van der Waals surface area contributed by atoms with Crippen molar-refractivity contribution >= 4 is 5.91 Å². The summed E-state index contributed by atoms with van der Waals surface area (Å²) in [5.74, 6) is 1.37. The number of benzene rings is 1. The molecule has 0 unspecified atom stereocenters. The Morgan fingerprint density at radius 3 is 2.52 bits per heavy atom.